The number of quaternary nitrogens is 1. The Morgan fingerprint density at radius 1 is 0.902 bits per heavy atom. The van der Waals surface area contributed by atoms with Crippen molar-refractivity contribution in [2.24, 2.45) is 0 Å². The Balaban J connectivity index is 4.10. The summed E-state index contributed by atoms with van der Waals surface area (Å²) in [6, 6.07) is 0. The van der Waals surface area contributed by atoms with Gasteiger partial charge in [-0.1, -0.05) is 62.0 Å². The maximum atomic E-state index is 12.1. The molecule has 0 fully saturated rings. The maximum absolute atomic E-state index is 12.1. The molecule has 0 aliphatic carbocycles. The number of aliphatic hydroxyl groups excluding tert-OH is 1. The Morgan fingerprint density at radius 3 is 2.05 bits per heavy atom. The Morgan fingerprint density at radius 2 is 1.49 bits per heavy atom. The van der Waals surface area contributed by atoms with Crippen LogP contribution in [-0.4, -0.2) is 86.1 Å². The van der Waals surface area contributed by atoms with Crippen molar-refractivity contribution >= 4 is 19.8 Å². The van der Waals surface area contributed by atoms with E-state index in [9.17, 15) is 24.2 Å². The van der Waals surface area contributed by atoms with Gasteiger partial charge in [-0.15, -0.1) is 0 Å². The first kappa shape index (κ1) is 38.9. The van der Waals surface area contributed by atoms with Crippen LogP contribution in [0.25, 0.3) is 0 Å². The van der Waals surface area contributed by atoms with Crippen LogP contribution >= 0.6 is 7.82 Å². The molecule has 0 aromatic rings. The molecule has 2 N–H and O–H groups in total. The van der Waals surface area contributed by atoms with E-state index >= 15 is 0 Å². The van der Waals surface area contributed by atoms with Gasteiger partial charge < -0.3 is 24.0 Å². The summed E-state index contributed by atoms with van der Waals surface area (Å²) in [6.07, 6.45) is 21.9. The van der Waals surface area contributed by atoms with E-state index in [2.05, 4.69) is 37.3 Å². The Labute approximate surface area is 246 Å². The SMILES string of the molecule is CCCC(O)C/C=C\C/C=C\C/C=C\C/C=C\CCCC(=O)OC[C@H](COP(=O)(O)OCC[N+](C)(C)C)OC(C)=O. The van der Waals surface area contributed by atoms with Gasteiger partial charge in [0, 0.05) is 13.3 Å². The first-order valence-electron chi connectivity index (χ1n) is 14.4. The summed E-state index contributed by atoms with van der Waals surface area (Å²) < 4.78 is 32.7. The predicted molar refractivity (Wildman–Crippen MR) is 161 cm³/mol. The number of carbonyl (C=O) groups excluding carboxylic acids is 2. The average Bonchev–Trinajstić information content (AvgIpc) is 2.87. The lowest BCUT2D eigenvalue weighted by molar-refractivity contribution is -0.870. The van der Waals surface area contributed by atoms with Gasteiger partial charge >= 0.3 is 19.8 Å². The van der Waals surface area contributed by atoms with E-state index in [0.717, 1.165) is 38.5 Å². The van der Waals surface area contributed by atoms with Gasteiger partial charge in [-0.25, -0.2) is 4.57 Å². The van der Waals surface area contributed by atoms with Crippen LogP contribution in [0.15, 0.2) is 48.6 Å². The molecule has 0 bridgehead atoms. The average molecular weight is 603 g/mol. The molecular formula is C30H53NO9P+. The molecule has 41 heavy (non-hydrogen) atoms. The molecule has 0 aromatic carbocycles. The van der Waals surface area contributed by atoms with Gasteiger partial charge in [0.1, 0.15) is 19.8 Å². The van der Waals surface area contributed by atoms with Crippen molar-refractivity contribution in [3.8, 4) is 0 Å². The molecule has 10 nitrogen and oxygen atoms in total. The zero-order chi connectivity index (χ0) is 31.0. The van der Waals surface area contributed by atoms with E-state index in [-0.39, 0.29) is 25.7 Å². The number of carbonyl (C=O) groups is 2. The molecule has 0 saturated heterocycles. The van der Waals surface area contributed by atoms with E-state index < -0.39 is 32.5 Å². The summed E-state index contributed by atoms with van der Waals surface area (Å²) >= 11 is 0. The third-order valence-corrected chi connectivity index (χ3v) is 6.45. The summed E-state index contributed by atoms with van der Waals surface area (Å²) in [5.74, 6) is -1.09. The van der Waals surface area contributed by atoms with Crippen LogP contribution in [0.1, 0.15) is 71.6 Å². The minimum absolute atomic E-state index is 0.0114. The summed E-state index contributed by atoms with van der Waals surface area (Å²) in [6.45, 7) is 3.03. The van der Waals surface area contributed by atoms with E-state index in [1.165, 1.54) is 6.92 Å². The molecule has 0 spiro atoms. The highest BCUT2D eigenvalue weighted by Crippen LogP contribution is 2.43. The van der Waals surface area contributed by atoms with Gasteiger partial charge in [0.15, 0.2) is 6.10 Å². The van der Waals surface area contributed by atoms with Crippen LogP contribution in [0.2, 0.25) is 0 Å². The molecule has 2 unspecified atom stereocenters. The van der Waals surface area contributed by atoms with E-state index in [1.54, 1.807) is 0 Å². The molecule has 0 saturated carbocycles. The number of hydrogen-bond acceptors (Lipinski definition) is 8. The molecule has 0 aliphatic rings. The fraction of sp³-hybridized carbons (Fsp3) is 0.667. The minimum Gasteiger partial charge on any atom is -0.462 e. The van der Waals surface area contributed by atoms with E-state index in [4.69, 9.17) is 18.5 Å². The van der Waals surface area contributed by atoms with Crippen molar-refractivity contribution in [3.05, 3.63) is 48.6 Å². The second kappa shape index (κ2) is 23.5. The number of phosphoric ester groups is 1. The van der Waals surface area contributed by atoms with Crippen molar-refractivity contribution in [2.45, 2.75) is 83.8 Å². The second-order valence-corrected chi connectivity index (χ2v) is 12.1. The standard InChI is InChI=1S/C30H52NO9P/c1-6-20-28(33)21-18-16-14-12-10-8-7-9-11-13-15-17-19-22-30(34)37-25-29(40-27(2)32)26-39-41(35,36)38-24-23-31(3,4)5/h7,9-10,12-13,15-16,18,28-29,33H,6,8,11,14,17,19-26H2,1-5H3/p+1/b9-7-,12-10-,15-13-,18-16-/t28?,29-/m1/s1. The number of phosphoric acid groups is 1. The fourth-order valence-corrected chi connectivity index (χ4v) is 3.99. The number of rotatable bonds is 24. The first-order chi connectivity index (χ1) is 19.3. The minimum atomic E-state index is -4.34. The third kappa shape index (κ3) is 27.9. The zero-order valence-electron chi connectivity index (χ0n) is 25.6. The summed E-state index contributed by atoms with van der Waals surface area (Å²) in [5.41, 5.74) is 0. The quantitative estimate of drug-likeness (QED) is 0.0489. The van der Waals surface area contributed by atoms with Crippen LogP contribution in [0.3, 0.4) is 0 Å². The van der Waals surface area contributed by atoms with Crippen LogP contribution in [0, 0.1) is 0 Å². The highest BCUT2D eigenvalue weighted by molar-refractivity contribution is 7.47. The number of nitrogens with zero attached hydrogens (tertiary/aromatic N) is 1. The van der Waals surface area contributed by atoms with Crippen molar-refractivity contribution < 1.29 is 47.2 Å². The molecule has 0 radical (unpaired) electrons. The lowest BCUT2D eigenvalue weighted by atomic mass is 10.1. The molecule has 0 aromatic heterocycles. The van der Waals surface area contributed by atoms with Gasteiger partial charge in [0.05, 0.1) is 33.9 Å². The number of unbranched alkanes of at least 4 members (excludes halogenated alkanes) is 1. The molecule has 236 valence electrons. The first-order valence-corrected chi connectivity index (χ1v) is 15.9. The molecule has 0 rings (SSSR count). The number of likely N-dealkylation sites (N-methyl/N-ethyl adjacent to an activating group) is 1. The third-order valence-electron chi connectivity index (χ3n) is 5.47. The highest BCUT2D eigenvalue weighted by atomic mass is 31.2. The Hall–Kier alpha value is -2.07. The highest BCUT2D eigenvalue weighted by Gasteiger charge is 2.26. The van der Waals surface area contributed by atoms with Crippen molar-refractivity contribution in [1.29, 1.82) is 0 Å². The van der Waals surface area contributed by atoms with Crippen molar-refractivity contribution in [2.75, 3.05) is 47.5 Å². The van der Waals surface area contributed by atoms with Crippen LogP contribution in [0.4, 0.5) is 0 Å². The predicted octanol–water partition coefficient (Wildman–Crippen LogP) is 5.42. The summed E-state index contributed by atoms with van der Waals surface area (Å²) in [4.78, 5) is 33.2. The molecular weight excluding hydrogens is 549 g/mol. The maximum Gasteiger partial charge on any atom is 0.472 e. The van der Waals surface area contributed by atoms with Gasteiger partial charge in [-0.3, -0.25) is 18.6 Å². The van der Waals surface area contributed by atoms with Gasteiger partial charge in [-0.2, -0.15) is 0 Å². The summed E-state index contributed by atoms with van der Waals surface area (Å²) in [5, 5.41) is 9.66. The van der Waals surface area contributed by atoms with Gasteiger partial charge in [-0.05, 0) is 44.9 Å². The summed E-state index contributed by atoms with van der Waals surface area (Å²) in [7, 11) is 1.40. The van der Waals surface area contributed by atoms with E-state index in [1.807, 2.05) is 39.4 Å². The normalized spacial score (nSPS) is 15.6. The molecule has 0 aliphatic heterocycles. The van der Waals surface area contributed by atoms with Crippen molar-refractivity contribution in [1.82, 2.24) is 0 Å². The number of esters is 2. The zero-order valence-corrected chi connectivity index (χ0v) is 26.5. The van der Waals surface area contributed by atoms with Gasteiger partial charge in [0.2, 0.25) is 0 Å². The second-order valence-electron chi connectivity index (χ2n) is 10.7. The van der Waals surface area contributed by atoms with Crippen molar-refractivity contribution in [3.63, 3.8) is 0 Å². The Kier molecular flexibility index (Phi) is 22.3. The van der Waals surface area contributed by atoms with Crippen LogP contribution in [-0.2, 0) is 32.7 Å². The number of ether oxygens (including phenoxy) is 2. The monoisotopic (exact) mass is 602 g/mol. The number of hydrogen-bond donors (Lipinski definition) is 2. The lowest BCUT2D eigenvalue weighted by Gasteiger charge is -2.24. The van der Waals surface area contributed by atoms with Crippen LogP contribution < -0.4 is 0 Å². The Bertz CT molecular complexity index is 878. The number of aliphatic hydroxyl groups is 1. The molecule has 0 amide bonds. The molecule has 3 atom stereocenters. The number of allylic oxidation sites excluding steroid dienone is 7. The molecule has 0 heterocycles. The topological polar surface area (TPSA) is 129 Å². The molecule has 11 heteroatoms. The van der Waals surface area contributed by atoms with Gasteiger partial charge in [0.25, 0.3) is 0 Å². The smallest absolute Gasteiger partial charge is 0.462 e. The largest absolute Gasteiger partial charge is 0.472 e. The lowest BCUT2D eigenvalue weighted by Crippen LogP contribution is -2.37. The van der Waals surface area contributed by atoms with E-state index in [0.29, 0.717) is 23.9 Å². The van der Waals surface area contributed by atoms with Crippen LogP contribution in [0.5, 0.6) is 0 Å². The fourth-order valence-electron chi connectivity index (χ4n) is 3.25.